The molecular weight excluding hydrogens is 387 g/mol. The number of aryl methyl sites for hydroxylation is 1. The van der Waals surface area contributed by atoms with E-state index in [0.29, 0.717) is 19.6 Å². The van der Waals surface area contributed by atoms with Gasteiger partial charge in [0.2, 0.25) is 0 Å². The molecule has 1 amide bonds. The molecule has 1 heterocycles. The number of ether oxygens (including phenoxy) is 1. The van der Waals surface area contributed by atoms with E-state index in [9.17, 15) is 19.1 Å². The quantitative estimate of drug-likeness (QED) is 0.785. The first kappa shape index (κ1) is 21.8. The van der Waals surface area contributed by atoms with Crippen LogP contribution in [0.2, 0.25) is 0 Å². The Morgan fingerprint density at radius 2 is 1.80 bits per heavy atom. The van der Waals surface area contributed by atoms with Gasteiger partial charge in [-0.25, -0.2) is 9.18 Å². The van der Waals surface area contributed by atoms with Crippen molar-refractivity contribution in [2.24, 2.45) is 0 Å². The van der Waals surface area contributed by atoms with Crippen molar-refractivity contribution in [1.82, 2.24) is 9.80 Å². The number of carbonyl (C=O) groups is 2. The predicted octanol–water partition coefficient (Wildman–Crippen LogP) is 3.33. The SMILES string of the molecule is Cc1ccc(OCC(=O)N2C[C@@H](C)N(Cc3ccc(F)cc3)C[C@@H]2C)c(C(=O)O)c1. The minimum Gasteiger partial charge on any atom is -0.483 e. The van der Waals surface area contributed by atoms with Crippen molar-refractivity contribution in [2.45, 2.75) is 39.4 Å². The number of amides is 1. The molecular formula is C23H27FN2O4. The number of halogens is 1. The van der Waals surface area contributed by atoms with E-state index < -0.39 is 5.97 Å². The molecule has 160 valence electrons. The zero-order chi connectivity index (χ0) is 21.8. The highest BCUT2D eigenvalue weighted by atomic mass is 19.1. The highest BCUT2D eigenvalue weighted by molar-refractivity contribution is 5.91. The van der Waals surface area contributed by atoms with Crippen LogP contribution >= 0.6 is 0 Å². The summed E-state index contributed by atoms with van der Waals surface area (Å²) in [4.78, 5) is 28.2. The summed E-state index contributed by atoms with van der Waals surface area (Å²) in [5.74, 6) is -1.32. The van der Waals surface area contributed by atoms with E-state index in [1.807, 2.05) is 6.92 Å². The van der Waals surface area contributed by atoms with Gasteiger partial charge in [0, 0.05) is 31.7 Å². The van der Waals surface area contributed by atoms with Crippen molar-refractivity contribution in [3.63, 3.8) is 0 Å². The molecule has 1 aliphatic rings. The van der Waals surface area contributed by atoms with Crippen LogP contribution in [0.4, 0.5) is 4.39 Å². The molecule has 2 aromatic rings. The molecule has 1 N–H and O–H groups in total. The van der Waals surface area contributed by atoms with Crippen molar-refractivity contribution >= 4 is 11.9 Å². The van der Waals surface area contributed by atoms with Gasteiger partial charge in [-0.1, -0.05) is 23.8 Å². The predicted molar refractivity (Wildman–Crippen MR) is 111 cm³/mol. The number of benzene rings is 2. The van der Waals surface area contributed by atoms with E-state index in [-0.39, 0.29) is 41.7 Å². The largest absolute Gasteiger partial charge is 0.483 e. The molecule has 30 heavy (non-hydrogen) atoms. The molecule has 0 spiro atoms. The van der Waals surface area contributed by atoms with Crippen LogP contribution in [0.25, 0.3) is 0 Å². The molecule has 0 aromatic heterocycles. The maximum absolute atomic E-state index is 13.1. The average molecular weight is 414 g/mol. The lowest BCUT2D eigenvalue weighted by Gasteiger charge is -2.44. The Balaban J connectivity index is 1.60. The lowest BCUT2D eigenvalue weighted by molar-refractivity contribution is -0.139. The van der Waals surface area contributed by atoms with E-state index in [1.165, 1.54) is 18.2 Å². The molecule has 7 heteroatoms. The third-order valence-corrected chi connectivity index (χ3v) is 5.45. The average Bonchev–Trinajstić information content (AvgIpc) is 2.70. The summed E-state index contributed by atoms with van der Waals surface area (Å²) in [6.07, 6.45) is 0. The van der Waals surface area contributed by atoms with Crippen molar-refractivity contribution in [1.29, 1.82) is 0 Å². The van der Waals surface area contributed by atoms with E-state index in [2.05, 4.69) is 11.8 Å². The Hall–Kier alpha value is -2.93. The summed E-state index contributed by atoms with van der Waals surface area (Å²) >= 11 is 0. The van der Waals surface area contributed by atoms with E-state index >= 15 is 0 Å². The maximum atomic E-state index is 13.1. The minimum absolute atomic E-state index is 0.0188. The number of rotatable bonds is 6. The first-order valence-corrected chi connectivity index (χ1v) is 9.99. The Labute approximate surface area is 175 Å². The molecule has 3 rings (SSSR count). The maximum Gasteiger partial charge on any atom is 0.339 e. The smallest absolute Gasteiger partial charge is 0.339 e. The molecule has 0 bridgehead atoms. The van der Waals surface area contributed by atoms with Gasteiger partial charge in [-0.2, -0.15) is 0 Å². The monoisotopic (exact) mass is 414 g/mol. The van der Waals surface area contributed by atoms with Crippen LogP contribution in [0.5, 0.6) is 5.75 Å². The second-order valence-electron chi connectivity index (χ2n) is 7.89. The third-order valence-electron chi connectivity index (χ3n) is 5.45. The Kier molecular flexibility index (Phi) is 6.72. The zero-order valence-electron chi connectivity index (χ0n) is 17.5. The van der Waals surface area contributed by atoms with Gasteiger partial charge in [0.1, 0.15) is 17.1 Å². The normalized spacial score (nSPS) is 19.5. The van der Waals surface area contributed by atoms with Gasteiger partial charge in [0.05, 0.1) is 0 Å². The summed E-state index contributed by atoms with van der Waals surface area (Å²) in [6, 6.07) is 11.4. The first-order valence-electron chi connectivity index (χ1n) is 9.99. The molecule has 2 atom stereocenters. The van der Waals surface area contributed by atoms with E-state index in [0.717, 1.165) is 11.1 Å². The molecule has 0 radical (unpaired) electrons. The molecule has 0 unspecified atom stereocenters. The number of carboxylic acids is 1. The van der Waals surface area contributed by atoms with Gasteiger partial charge < -0.3 is 14.7 Å². The summed E-state index contributed by atoms with van der Waals surface area (Å²) < 4.78 is 18.7. The molecule has 1 aliphatic heterocycles. The van der Waals surface area contributed by atoms with Gasteiger partial charge in [0.25, 0.3) is 5.91 Å². The number of hydrogen-bond donors (Lipinski definition) is 1. The second kappa shape index (κ2) is 9.26. The molecule has 0 aliphatic carbocycles. The van der Waals surface area contributed by atoms with Crippen molar-refractivity contribution < 1.29 is 23.8 Å². The number of carboxylic acid groups (broad SMARTS) is 1. The fourth-order valence-corrected chi connectivity index (χ4v) is 3.75. The Morgan fingerprint density at radius 3 is 2.47 bits per heavy atom. The van der Waals surface area contributed by atoms with Crippen LogP contribution in [0.15, 0.2) is 42.5 Å². The molecule has 2 aromatic carbocycles. The summed E-state index contributed by atoms with van der Waals surface area (Å²) in [5, 5.41) is 9.34. The van der Waals surface area contributed by atoms with Gasteiger partial charge in [-0.15, -0.1) is 0 Å². The van der Waals surface area contributed by atoms with Gasteiger partial charge >= 0.3 is 5.97 Å². The Bertz CT molecular complexity index is 916. The molecule has 0 saturated carbocycles. The lowest BCUT2D eigenvalue weighted by Crippen LogP contribution is -2.58. The molecule has 1 fully saturated rings. The highest BCUT2D eigenvalue weighted by Gasteiger charge is 2.32. The lowest BCUT2D eigenvalue weighted by atomic mass is 10.1. The summed E-state index contributed by atoms with van der Waals surface area (Å²) in [6.45, 7) is 7.55. The number of aromatic carboxylic acids is 1. The second-order valence-corrected chi connectivity index (χ2v) is 7.89. The Morgan fingerprint density at radius 1 is 1.10 bits per heavy atom. The number of piperazine rings is 1. The summed E-state index contributed by atoms with van der Waals surface area (Å²) in [5.41, 5.74) is 1.89. The van der Waals surface area contributed by atoms with Crippen LogP contribution in [0.3, 0.4) is 0 Å². The van der Waals surface area contributed by atoms with Crippen LogP contribution in [-0.4, -0.2) is 58.6 Å². The third kappa shape index (κ3) is 5.16. The van der Waals surface area contributed by atoms with Gasteiger partial charge in [0.15, 0.2) is 6.61 Å². The zero-order valence-corrected chi connectivity index (χ0v) is 17.5. The standard InChI is InChI=1S/C23H27FN2O4/c1-15-4-9-21(20(10-15)23(28)29)30-14-22(27)26-12-16(2)25(11-17(26)3)13-18-5-7-19(24)8-6-18/h4-10,16-17H,11-14H2,1-3H3,(H,28,29)/t16-,17+/m1/s1. The van der Waals surface area contributed by atoms with Gasteiger partial charge in [-0.3, -0.25) is 9.69 Å². The highest BCUT2D eigenvalue weighted by Crippen LogP contribution is 2.22. The number of carbonyl (C=O) groups excluding carboxylic acids is 1. The van der Waals surface area contributed by atoms with Crippen molar-refractivity contribution in [3.8, 4) is 5.75 Å². The topological polar surface area (TPSA) is 70.1 Å². The van der Waals surface area contributed by atoms with E-state index in [4.69, 9.17) is 4.74 Å². The van der Waals surface area contributed by atoms with Crippen LogP contribution in [0, 0.1) is 12.7 Å². The fourth-order valence-electron chi connectivity index (χ4n) is 3.75. The van der Waals surface area contributed by atoms with Crippen LogP contribution in [-0.2, 0) is 11.3 Å². The first-order chi connectivity index (χ1) is 14.2. The van der Waals surface area contributed by atoms with Crippen LogP contribution in [0.1, 0.15) is 35.3 Å². The fraction of sp³-hybridized carbons (Fsp3) is 0.391. The summed E-state index contributed by atoms with van der Waals surface area (Å²) in [7, 11) is 0. The molecule has 6 nitrogen and oxygen atoms in total. The minimum atomic E-state index is -1.09. The van der Waals surface area contributed by atoms with Crippen LogP contribution < -0.4 is 4.74 Å². The van der Waals surface area contributed by atoms with Gasteiger partial charge in [-0.05, 0) is 50.6 Å². The number of nitrogens with zero attached hydrogens (tertiary/aromatic N) is 2. The number of hydrogen-bond acceptors (Lipinski definition) is 4. The van der Waals surface area contributed by atoms with Crippen molar-refractivity contribution in [3.05, 3.63) is 65.0 Å². The van der Waals surface area contributed by atoms with Crippen molar-refractivity contribution in [2.75, 3.05) is 19.7 Å². The molecule has 1 saturated heterocycles. The van der Waals surface area contributed by atoms with E-state index in [1.54, 1.807) is 36.1 Å².